The van der Waals surface area contributed by atoms with Gasteiger partial charge in [-0.3, -0.25) is 4.79 Å². The van der Waals surface area contributed by atoms with Crippen molar-refractivity contribution >= 4 is 51.6 Å². The highest BCUT2D eigenvalue weighted by atomic mass is 35.5. The van der Waals surface area contributed by atoms with Gasteiger partial charge in [0.25, 0.3) is 0 Å². The summed E-state index contributed by atoms with van der Waals surface area (Å²) in [5, 5.41) is 2.46. The predicted molar refractivity (Wildman–Crippen MR) is 134 cm³/mol. The molecule has 0 spiro atoms. The van der Waals surface area contributed by atoms with Crippen LogP contribution in [0.5, 0.6) is 17.2 Å². The number of aryl methyl sites for hydroxylation is 1. The number of hydrogen-bond acceptors (Lipinski definition) is 4. The van der Waals surface area contributed by atoms with Crippen LogP contribution in [0.3, 0.4) is 0 Å². The van der Waals surface area contributed by atoms with E-state index in [1.807, 2.05) is 31.2 Å². The first-order valence-corrected chi connectivity index (χ1v) is 11.8. The van der Waals surface area contributed by atoms with Crippen LogP contribution in [0.1, 0.15) is 12.6 Å². The molecule has 1 aromatic heterocycles. The van der Waals surface area contributed by atoms with Crippen molar-refractivity contribution in [3.63, 3.8) is 0 Å². The summed E-state index contributed by atoms with van der Waals surface area (Å²) in [6.45, 7) is 3.61. The Hall–Kier alpha value is -2.60. The smallest absolute Gasteiger partial charge is 0.167 e. The van der Waals surface area contributed by atoms with Gasteiger partial charge in [0.15, 0.2) is 11.5 Å². The van der Waals surface area contributed by atoms with Gasteiger partial charge < -0.3 is 14.5 Å². The molecule has 166 valence electrons. The monoisotopic (exact) mass is 487 g/mol. The van der Waals surface area contributed by atoms with Crippen molar-refractivity contribution in [2.45, 2.75) is 18.7 Å². The van der Waals surface area contributed by atoms with E-state index in [4.69, 9.17) is 32.7 Å². The molecule has 0 atom stereocenters. The van der Waals surface area contributed by atoms with Gasteiger partial charge in [-0.1, -0.05) is 23.2 Å². The van der Waals surface area contributed by atoms with E-state index in [9.17, 15) is 4.79 Å². The molecule has 4 nitrogen and oxygen atoms in total. The third-order valence-electron chi connectivity index (χ3n) is 4.42. The van der Waals surface area contributed by atoms with Crippen molar-refractivity contribution in [1.29, 1.82) is 0 Å². The van der Waals surface area contributed by atoms with E-state index in [1.165, 1.54) is 11.8 Å². The summed E-state index contributed by atoms with van der Waals surface area (Å²) in [6, 6.07) is 20.6. The van der Waals surface area contributed by atoms with Crippen LogP contribution in [0, 0.1) is 6.92 Å². The van der Waals surface area contributed by atoms with E-state index in [1.54, 1.807) is 36.0 Å². The third kappa shape index (κ3) is 6.70. The normalized spacial score (nSPS) is 10.4. The zero-order chi connectivity index (χ0) is 23.1. The fourth-order valence-corrected chi connectivity index (χ4v) is 3.57. The first kappa shape index (κ1) is 24.1. The Balaban J connectivity index is 0.000000207. The molecule has 4 rings (SSSR count). The molecule has 0 aliphatic heterocycles. The van der Waals surface area contributed by atoms with E-state index in [2.05, 4.69) is 29.4 Å². The van der Waals surface area contributed by atoms with E-state index in [0.717, 1.165) is 28.1 Å². The average molecular weight is 488 g/mol. The molecule has 32 heavy (non-hydrogen) atoms. The van der Waals surface area contributed by atoms with Crippen LogP contribution in [0.15, 0.2) is 71.6 Å². The van der Waals surface area contributed by atoms with Crippen LogP contribution >= 0.6 is 35.0 Å². The molecule has 1 N–H and O–H groups in total. The maximum Gasteiger partial charge on any atom is 0.167 e. The van der Waals surface area contributed by atoms with Gasteiger partial charge in [-0.05, 0) is 86.8 Å². The fourth-order valence-electron chi connectivity index (χ4n) is 2.88. The highest BCUT2D eigenvalue weighted by Gasteiger charge is 2.11. The van der Waals surface area contributed by atoms with Crippen LogP contribution in [-0.2, 0) is 4.79 Å². The lowest BCUT2D eigenvalue weighted by Gasteiger charge is -2.06. The Labute approximate surface area is 201 Å². The zero-order valence-electron chi connectivity index (χ0n) is 17.9. The number of fused-ring (bicyclic) bond motifs is 1. The number of benzene rings is 3. The number of nitrogens with one attached hydrogen (secondary N) is 1. The number of carbonyl (C=O) groups excluding carboxylic acids is 1. The SMILES string of the molecule is CC(=O)COc1ccc(Cl)cc1.CSc1ccc2[nH]c(C)c(Oc3ccc(Cl)cc3)c2c1. The lowest BCUT2D eigenvalue weighted by atomic mass is 10.2. The van der Waals surface area contributed by atoms with Crippen LogP contribution in [0.2, 0.25) is 10.0 Å². The van der Waals surface area contributed by atoms with Gasteiger partial charge in [0.1, 0.15) is 18.1 Å². The number of thioether (sulfide) groups is 1. The molecule has 1 heterocycles. The second-order valence-electron chi connectivity index (χ2n) is 6.99. The van der Waals surface area contributed by atoms with E-state index < -0.39 is 0 Å². The van der Waals surface area contributed by atoms with E-state index in [-0.39, 0.29) is 12.4 Å². The Morgan fingerprint density at radius 2 is 1.53 bits per heavy atom. The third-order valence-corrected chi connectivity index (χ3v) is 5.65. The van der Waals surface area contributed by atoms with Gasteiger partial charge in [-0.25, -0.2) is 0 Å². The molecule has 0 saturated carbocycles. The summed E-state index contributed by atoms with van der Waals surface area (Å²) in [5.41, 5.74) is 2.11. The van der Waals surface area contributed by atoms with Crippen LogP contribution in [-0.4, -0.2) is 23.6 Å². The van der Waals surface area contributed by atoms with Crippen molar-refractivity contribution in [2.75, 3.05) is 12.9 Å². The van der Waals surface area contributed by atoms with Gasteiger partial charge in [-0.15, -0.1) is 11.8 Å². The number of H-pyrrole nitrogens is 1. The lowest BCUT2D eigenvalue weighted by molar-refractivity contribution is -0.118. The predicted octanol–water partition coefficient (Wildman–Crippen LogP) is 7.95. The van der Waals surface area contributed by atoms with E-state index >= 15 is 0 Å². The molecule has 4 aromatic rings. The average Bonchev–Trinajstić information content (AvgIpc) is 3.09. The summed E-state index contributed by atoms with van der Waals surface area (Å²) in [7, 11) is 0. The number of hydrogen-bond donors (Lipinski definition) is 1. The molecule has 3 aromatic carbocycles. The maximum absolute atomic E-state index is 10.5. The van der Waals surface area contributed by atoms with E-state index in [0.29, 0.717) is 15.8 Å². The van der Waals surface area contributed by atoms with Gasteiger partial charge in [-0.2, -0.15) is 0 Å². The highest BCUT2D eigenvalue weighted by molar-refractivity contribution is 7.98. The number of aromatic amines is 1. The van der Waals surface area contributed by atoms with Crippen molar-refractivity contribution in [1.82, 2.24) is 4.98 Å². The van der Waals surface area contributed by atoms with Gasteiger partial charge >= 0.3 is 0 Å². The summed E-state index contributed by atoms with van der Waals surface area (Å²) >= 11 is 13.3. The lowest BCUT2D eigenvalue weighted by Crippen LogP contribution is -2.06. The van der Waals surface area contributed by atoms with Gasteiger partial charge in [0, 0.05) is 25.8 Å². The number of halogens is 2. The molecule has 0 aliphatic rings. The minimum absolute atomic E-state index is 0.00458. The second-order valence-corrected chi connectivity index (χ2v) is 8.74. The van der Waals surface area contributed by atoms with Crippen molar-refractivity contribution in [2.24, 2.45) is 0 Å². The highest BCUT2D eigenvalue weighted by Crippen LogP contribution is 2.35. The molecule has 0 fully saturated rings. The first-order valence-electron chi connectivity index (χ1n) is 9.83. The molecule has 0 aliphatic carbocycles. The Morgan fingerprint density at radius 3 is 2.09 bits per heavy atom. The van der Waals surface area contributed by atoms with Gasteiger partial charge in [0.05, 0.1) is 5.69 Å². The van der Waals surface area contributed by atoms with Crippen molar-refractivity contribution in [3.05, 3.63) is 82.5 Å². The maximum atomic E-state index is 10.5. The number of rotatable bonds is 6. The van der Waals surface area contributed by atoms with Crippen molar-refractivity contribution in [3.8, 4) is 17.2 Å². The minimum Gasteiger partial charge on any atom is -0.486 e. The first-order chi connectivity index (χ1) is 15.4. The largest absolute Gasteiger partial charge is 0.486 e. The summed E-state index contributed by atoms with van der Waals surface area (Å²) in [6.07, 6.45) is 2.07. The number of Topliss-reactive ketones (excluding diaryl/α,β-unsaturated/α-hetero) is 1. The fraction of sp³-hybridized carbons (Fsp3) is 0.160. The Bertz CT molecular complexity index is 1190. The summed E-state index contributed by atoms with van der Waals surface area (Å²) in [5.74, 6) is 2.32. The quantitative estimate of drug-likeness (QED) is 0.280. The molecule has 0 radical (unpaired) electrons. The number of carbonyl (C=O) groups is 1. The zero-order valence-corrected chi connectivity index (χ0v) is 20.3. The van der Waals surface area contributed by atoms with Crippen LogP contribution < -0.4 is 9.47 Å². The molecular weight excluding hydrogens is 465 g/mol. The topological polar surface area (TPSA) is 51.3 Å². The Kier molecular flexibility index (Phi) is 8.51. The van der Waals surface area contributed by atoms with Gasteiger partial charge in [0.2, 0.25) is 0 Å². The molecule has 7 heteroatoms. The number of aromatic nitrogens is 1. The molecule has 0 bridgehead atoms. The minimum atomic E-state index is 0.00458. The number of ketones is 1. The summed E-state index contributed by atoms with van der Waals surface area (Å²) < 4.78 is 11.1. The Morgan fingerprint density at radius 1 is 0.938 bits per heavy atom. The molecule has 0 saturated heterocycles. The summed E-state index contributed by atoms with van der Waals surface area (Å²) in [4.78, 5) is 15.1. The number of ether oxygens (including phenoxy) is 2. The van der Waals surface area contributed by atoms with Crippen molar-refractivity contribution < 1.29 is 14.3 Å². The van der Waals surface area contributed by atoms with Crippen LogP contribution in [0.25, 0.3) is 10.9 Å². The molecular formula is C25H23Cl2NO3S. The molecule has 0 unspecified atom stereocenters. The van der Waals surface area contributed by atoms with Crippen LogP contribution in [0.4, 0.5) is 0 Å². The molecule has 0 amide bonds. The second kappa shape index (κ2) is 11.3. The standard InChI is InChI=1S/C16H14ClNOS.C9H9ClO2/c1-10-16(19-12-5-3-11(17)4-6-12)14-9-13(20-2)7-8-15(14)18-10;1-7(11)6-12-9-4-2-8(10)3-5-9/h3-9,18H,1-2H3;2-5H,6H2,1H3.